The molecule has 1 aromatic rings. The number of halogens is 1. The number of nitrogens with zero attached hydrogens (tertiary/aromatic N) is 1. The van der Waals surface area contributed by atoms with Crippen molar-refractivity contribution in [2.75, 3.05) is 18.9 Å². The monoisotopic (exact) mass is 312 g/mol. The Labute approximate surface area is 115 Å². The zero-order chi connectivity index (χ0) is 13.3. The van der Waals surface area contributed by atoms with E-state index in [0.29, 0.717) is 24.4 Å². The van der Waals surface area contributed by atoms with Gasteiger partial charge in [-0.15, -0.1) is 0 Å². The van der Waals surface area contributed by atoms with Crippen LogP contribution in [-0.4, -0.2) is 36.1 Å². The molecule has 1 aliphatic heterocycles. The molecular formula is C13H17BrN2O2. The van der Waals surface area contributed by atoms with Gasteiger partial charge in [-0.2, -0.15) is 0 Å². The molecule has 2 unspecified atom stereocenters. The number of carbonyl (C=O) groups excluding carboxylic acids is 1. The Kier molecular flexibility index (Phi) is 3.92. The molecule has 5 heteroatoms. The predicted octanol–water partition coefficient (Wildman–Crippen LogP) is 2.28. The van der Waals surface area contributed by atoms with Crippen molar-refractivity contribution in [3.63, 3.8) is 0 Å². The average Bonchev–Trinajstić information content (AvgIpc) is 2.34. The third-order valence-corrected chi connectivity index (χ3v) is 3.61. The Hall–Kier alpha value is -1.07. The van der Waals surface area contributed by atoms with E-state index in [9.17, 15) is 4.79 Å². The van der Waals surface area contributed by atoms with E-state index in [1.54, 1.807) is 12.1 Å². The van der Waals surface area contributed by atoms with Crippen molar-refractivity contribution in [2.45, 2.75) is 26.0 Å². The van der Waals surface area contributed by atoms with Gasteiger partial charge < -0.3 is 15.4 Å². The number of hydrogen-bond donors (Lipinski definition) is 1. The maximum atomic E-state index is 12.5. The summed E-state index contributed by atoms with van der Waals surface area (Å²) in [6, 6.07) is 5.42. The Morgan fingerprint density at radius 3 is 2.94 bits per heavy atom. The van der Waals surface area contributed by atoms with Gasteiger partial charge >= 0.3 is 0 Å². The van der Waals surface area contributed by atoms with E-state index in [-0.39, 0.29) is 18.1 Å². The number of morpholine rings is 1. The number of rotatable bonds is 1. The van der Waals surface area contributed by atoms with E-state index in [0.717, 1.165) is 4.47 Å². The molecular weight excluding hydrogens is 296 g/mol. The highest BCUT2D eigenvalue weighted by Gasteiger charge is 2.29. The van der Waals surface area contributed by atoms with Gasteiger partial charge in [-0.3, -0.25) is 4.79 Å². The molecule has 0 radical (unpaired) electrons. The number of nitrogens with two attached hydrogens (primary N) is 1. The van der Waals surface area contributed by atoms with Gasteiger partial charge in [0.15, 0.2) is 0 Å². The highest BCUT2D eigenvalue weighted by molar-refractivity contribution is 9.10. The zero-order valence-corrected chi connectivity index (χ0v) is 12.1. The first-order valence-electron chi connectivity index (χ1n) is 5.96. The summed E-state index contributed by atoms with van der Waals surface area (Å²) in [7, 11) is 0. The molecule has 2 N–H and O–H groups in total. The molecule has 1 fully saturated rings. The van der Waals surface area contributed by atoms with Crippen LogP contribution in [0, 0.1) is 0 Å². The van der Waals surface area contributed by atoms with Gasteiger partial charge in [0.2, 0.25) is 0 Å². The van der Waals surface area contributed by atoms with E-state index < -0.39 is 0 Å². The minimum absolute atomic E-state index is 0.0311. The second-order valence-corrected chi connectivity index (χ2v) is 5.60. The van der Waals surface area contributed by atoms with Crippen LogP contribution in [0.5, 0.6) is 0 Å². The molecule has 0 saturated carbocycles. The Morgan fingerprint density at radius 2 is 2.22 bits per heavy atom. The largest absolute Gasteiger partial charge is 0.398 e. The van der Waals surface area contributed by atoms with Gasteiger partial charge in [0.1, 0.15) is 0 Å². The van der Waals surface area contributed by atoms with Crippen LogP contribution in [0.2, 0.25) is 0 Å². The highest BCUT2D eigenvalue weighted by atomic mass is 79.9. The molecule has 1 amide bonds. The first-order valence-corrected chi connectivity index (χ1v) is 6.76. The SMILES string of the molecule is CC1CN(C(=O)c2cc(Br)ccc2N)C(C)CO1. The molecule has 18 heavy (non-hydrogen) atoms. The van der Waals surface area contributed by atoms with Gasteiger partial charge in [-0.25, -0.2) is 0 Å². The third-order valence-electron chi connectivity index (χ3n) is 3.11. The summed E-state index contributed by atoms with van der Waals surface area (Å²) in [5.41, 5.74) is 6.93. The van der Waals surface area contributed by atoms with Crippen molar-refractivity contribution in [1.82, 2.24) is 4.90 Å². The number of amides is 1. The van der Waals surface area contributed by atoms with Crippen LogP contribution in [0.15, 0.2) is 22.7 Å². The molecule has 1 aliphatic rings. The Balaban J connectivity index is 2.27. The number of hydrogen-bond acceptors (Lipinski definition) is 3. The lowest BCUT2D eigenvalue weighted by atomic mass is 10.1. The third kappa shape index (κ3) is 2.67. The summed E-state index contributed by atoms with van der Waals surface area (Å²) >= 11 is 3.36. The maximum absolute atomic E-state index is 12.5. The maximum Gasteiger partial charge on any atom is 0.256 e. The molecule has 4 nitrogen and oxygen atoms in total. The number of nitrogen functional groups attached to an aromatic ring is 1. The normalized spacial score (nSPS) is 24.1. The summed E-state index contributed by atoms with van der Waals surface area (Å²) in [5.74, 6) is -0.0311. The molecule has 2 atom stereocenters. The second-order valence-electron chi connectivity index (χ2n) is 4.68. The molecule has 0 aromatic heterocycles. The van der Waals surface area contributed by atoms with E-state index >= 15 is 0 Å². The number of anilines is 1. The van der Waals surface area contributed by atoms with Gasteiger partial charge in [0.25, 0.3) is 5.91 Å². The molecule has 0 spiro atoms. The fourth-order valence-corrected chi connectivity index (χ4v) is 2.42. The van der Waals surface area contributed by atoms with Crippen molar-refractivity contribution in [3.05, 3.63) is 28.2 Å². The molecule has 1 aromatic carbocycles. The summed E-state index contributed by atoms with van der Waals surface area (Å²) < 4.78 is 6.38. The minimum atomic E-state index is -0.0311. The van der Waals surface area contributed by atoms with Crippen LogP contribution in [0.4, 0.5) is 5.69 Å². The summed E-state index contributed by atoms with van der Waals surface area (Å²) in [6.45, 7) is 5.13. The summed E-state index contributed by atoms with van der Waals surface area (Å²) in [4.78, 5) is 14.3. The molecule has 1 heterocycles. The Morgan fingerprint density at radius 1 is 1.50 bits per heavy atom. The average molecular weight is 313 g/mol. The van der Waals surface area contributed by atoms with Crippen molar-refractivity contribution in [1.29, 1.82) is 0 Å². The van der Waals surface area contributed by atoms with Gasteiger partial charge in [-0.1, -0.05) is 15.9 Å². The van der Waals surface area contributed by atoms with Gasteiger partial charge in [0.05, 0.1) is 24.3 Å². The van der Waals surface area contributed by atoms with E-state index in [1.165, 1.54) is 0 Å². The zero-order valence-electron chi connectivity index (χ0n) is 10.5. The lowest BCUT2D eigenvalue weighted by Gasteiger charge is -2.37. The van der Waals surface area contributed by atoms with Crippen molar-refractivity contribution >= 4 is 27.5 Å². The van der Waals surface area contributed by atoms with Crippen LogP contribution in [0.1, 0.15) is 24.2 Å². The lowest BCUT2D eigenvalue weighted by Crippen LogP contribution is -2.50. The van der Waals surface area contributed by atoms with Crippen LogP contribution >= 0.6 is 15.9 Å². The number of carbonyl (C=O) groups is 1. The number of ether oxygens (including phenoxy) is 1. The van der Waals surface area contributed by atoms with E-state index in [1.807, 2.05) is 24.8 Å². The lowest BCUT2D eigenvalue weighted by molar-refractivity contribution is -0.0386. The smallest absolute Gasteiger partial charge is 0.256 e. The second kappa shape index (κ2) is 5.28. The summed E-state index contributed by atoms with van der Waals surface area (Å²) in [6.07, 6.45) is 0.0681. The van der Waals surface area contributed by atoms with Crippen LogP contribution in [-0.2, 0) is 4.74 Å². The van der Waals surface area contributed by atoms with Gasteiger partial charge in [0, 0.05) is 16.7 Å². The number of benzene rings is 1. The predicted molar refractivity (Wildman–Crippen MR) is 74.5 cm³/mol. The van der Waals surface area contributed by atoms with Crippen molar-refractivity contribution in [2.24, 2.45) is 0 Å². The fourth-order valence-electron chi connectivity index (χ4n) is 2.05. The minimum Gasteiger partial charge on any atom is -0.398 e. The Bertz CT molecular complexity index is 464. The molecule has 2 rings (SSSR count). The van der Waals surface area contributed by atoms with Crippen LogP contribution in [0.25, 0.3) is 0 Å². The first kappa shape index (κ1) is 13.4. The van der Waals surface area contributed by atoms with Crippen molar-refractivity contribution < 1.29 is 9.53 Å². The van der Waals surface area contributed by atoms with Crippen molar-refractivity contribution in [3.8, 4) is 0 Å². The topological polar surface area (TPSA) is 55.6 Å². The molecule has 0 bridgehead atoms. The van der Waals surface area contributed by atoms with Crippen LogP contribution in [0.3, 0.4) is 0 Å². The van der Waals surface area contributed by atoms with E-state index in [4.69, 9.17) is 10.5 Å². The fraction of sp³-hybridized carbons (Fsp3) is 0.462. The molecule has 98 valence electrons. The highest BCUT2D eigenvalue weighted by Crippen LogP contribution is 2.22. The van der Waals surface area contributed by atoms with Gasteiger partial charge in [-0.05, 0) is 32.0 Å². The molecule has 0 aliphatic carbocycles. The van der Waals surface area contributed by atoms with E-state index in [2.05, 4.69) is 15.9 Å². The quantitative estimate of drug-likeness (QED) is 0.809. The first-order chi connectivity index (χ1) is 8.49. The molecule has 1 saturated heterocycles. The summed E-state index contributed by atoms with van der Waals surface area (Å²) in [5, 5.41) is 0. The van der Waals surface area contributed by atoms with Crippen LogP contribution < -0.4 is 5.73 Å². The standard InChI is InChI=1S/C13H17BrN2O2/c1-8-7-18-9(2)6-16(8)13(17)11-5-10(14)3-4-12(11)15/h3-5,8-9H,6-7,15H2,1-2H3.